The van der Waals surface area contributed by atoms with Crippen LogP contribution in [-0.2, 0) is 23.9 Å². The van der Waals surface area contributed by atoms with Crippen LogP contribution in [0.3, 0.4) is 0 Å². The Labute approximate surface area is 194 Å². The molecule has 2 rings (SSSR count). The zero-order valence-electron chi connectivity index (χ0n) is 19.5. The van der Waals surface area contributed by atoms with E-state index in [0.29, 0.717) is 44.0 Å². The van der Waals surface area contributed by atoms with Gasteiger partial charge in [-0.1, -0.05) is 25.5 Å². The minimum absolute atomic E-state index is 0.151. The van der Waals surface area contributed by atoms with E-state index in [0.717, 1.165) is 6.42 Å². The van der Waals surface area contributed by atoms with E-state index in [1.165, 1.54) is 14.0 Å². The van der Waals surface area contributed by atoms with Gasteiger partial charge in [-0.25, -0.2) is 4.79 Å². The van der Waals surface area contributed by atoms with Crippen LogP contribution >= 0.6 is 0 Å². The van der Waals surface area contributed by atoms with Crippen molar-refractivity contribution in [2.45, 2.75) is 44.9 Å². The zero-order chi connectivity index (χ0) is 24.2. The lowest BCUT2D eigenvalue weighted by Crippen LogP contribution is -2.54. The average molecular weight is 466 g/mol. The number of amides is 2. The lowest BCUT2D eigenvalue weighted by Gasteiger charge is -2.27. The SMILES string of the molecule is CCCCOC(=O)[C@@H](NC(=O)[C@H](C)NC(=O)CN1CCOCC1)[C@H](O)c1ccc(OC)cc1. The van der Waals surface area contributed by atoms with E-state index in [2.05, 4.69) is 10.6 Å². The molecule has 10 heteroatoms. The third-order valence-electron chi connectivity index (χ3n) is 5.31. The molecular weight excluding hydrogens is 430 g/mol. The van der Waals surface area contributed by atoms with Crippen LogP contribution in [0.2, 0.25) is 0 Å². The number of aliphatic hydroxyl groups is 1. The van der Waals surface area contributed by atoms with Crippen LogP contribution in [0, 0.1) is 0 Å². The first-order chi connectivity index (χ1) is 15.8. The number of benzene rings is 1. The van der Waals surface area contributed by atoms with E-state index in [9.17, 15) is 19.5 Å². The molecule has 0 spiro atoms. The highest BCUT2D eigenvalue weighted by atomic mass is 16.5. The number of carbonyl (C=O) groups excluding carboxylic acids is 3. The molecule has 33 heavy (non-hydrogen) atoms. The molecule has 3 atom stereocenters. The Morgan fingerprint density at radius 3 is 2.42 bits per heavy atom. The van der Waals surface area contributed by atoms with Gasteiger partial charge < -0.3 is 30.0 Å². The molecule has 1 aliphatic heterocycles. The topological polar surface area (TPSA) is 126 Å². The second kappa shape index (κ2) is 13.8. The summed E-state index contributed by atoms with van der Waals surface area (Å²) in [6.07, 6.45) is 0.154. The fourth-order valence-electron chi connectivity index (χ4n) is 3.26. The van der Waals surface area contributed by atoms with Crippen LogP contribution in [0.15, 0.2) is 24.3 Å². The Morgan fingerprint density at radius 1 is 1.15 bits per heavy atom. The molecule has 0 aliphatic carbocycles. The number of morpholine rings is 1. The van der Waals surface area contributed by atoms with Crippen LogP contribution in [0.5, 0.6) is 5.75 Å². The van der Waals surface area contributed by atoms with Crippen molar-refractivity contribution in [2.75, 3.05) is 46.6 Å². The second-order valence-corrected chi connectivity index (χ2v) is 7.90. The van der Waals surface area contributed by atoms with Crippen molar-refractivity contribution in [3.63, 3.8) is 0 Å². The predicted octanol–water partition coefficient (Wildman–Crippen LogP) is 0.394. The number of unbranched alkanes of at least 4 members (excludes halogenated alkanes) is 1. The Bertz CT molecular complexity index is 766. The fourth-order valence-corrected chi connectivity index (χ4v) is 3.26. The van der Waals surface area contributed by atoms with Gasteiger partial charge in [-0.3, -0.25) is 14.5 Å². The van der Waals surface area contributed by atoms with Crippen molar-refractivity contribution < 1.29 is 33.7 Å². The summed E-state index contributed by atoms with van der Waals surface area (Å²) in [5.74, 6) is -1.06. The van der Waals surface area contributed by atoms with E-state index in [1.54, 1.807) is 24.3 Å². The van der Waals surface area contributed by atoms with Crippen molar-refractivity contribution in [2.24, 2.45) is 0 Å². The lowest BCUT2D eigenvalue weighted by molar-refractivity contribution is -0.151. The molecular formula is C23H35N3O7. The molecule has 10 nitrogen and oxygen atoms in total. The van der Waals surface area contributed by atoms with Gasteiger partial charge in [0, 0.05) is 13.1 Å². The van der Waals surface area contributed by atoms with Gasteiger partial charge in [-0.2, -0.15) is 0 Å². The van der Waals surface area contributed by atoms with E-state index < -0.39 is 30.1 Å². The normalized spacial score (nSPS) is 16.8. The number of methoxy groups -OCH3 is 1. The van der Waals surface area contributed by atoms with Gasteiger partial charge >= 0.3 is 5.97 Å². The first-order valence-corrected chi connectivity index (χ1v) is 11.2. The van der Waals surface area contributed by atoms with Crippen LogP contribution in [0.4, 0.5) is 0 Å². The molecule has 184 valence electrons. The minimum Gasteiger partial charge on any atom is -0.497 e. The number of ether oxygens (including phenoxy) is 3. The Kier molecular flexibility index (Phi) is 11.1. The van der Waals surface area contributed by atoms with Gasteiger partial charge in [0.05, 0.1) is 33.5 Å². The molecule has 1 fully saturated rings. The standard InChI is InChI=1S/C23H35N3O7/c1-4-5-12-33-23(30)20(21(28)17-6-8-18(31-3)9-7-17)25-22(29)16(2)24-19(27)15-26-10-13-32-14-11-26/h6-9,16,20-21,28H,4-5,10-15H2,1-3H3,(H,24,27)(H,25,29)/t16-,20-,21+/m0/s1. The number of carbonyl (C=O) groups is 3. The first-order valence-electron chi connectivity index (χ1n) is 11.2. The monoisotopic (exact) mass is 465 g/mol. The quantitative estimate of drug-likeness (QED) is 0.299. The number of aliphatic hydroxyl groups excluding tert-OH is 1. The summed E-state index contributed by atoms with van der Waals surface area (Å²) in [5.41, 5.74) is 0.414. The Morgan fingerprint density at radius 2 is 1.82 bits per heavy atom. The maximum Gasteiger partial charge on any atom is 0.331 e. The third kappa shape index (κ3) is 8.64. The van der Waals surface area contributed by atoms with E-state index in [4.69, 9.17) is 14.2 Å². The first kappa shape index (κ1) is 26.6. The molecule has 3 N–H and O–H groups in total. The molecule has 1 heterocycles. The van der Waals surface area contributed by atoms with Crippen LogP contribution < -0.4 is 15.4 Å². The number of esters is 1. The van der Waals surface area contributed by atoms with Gasteiger partial charge in [-0.15, -0.1) is 0 Å². The summed E-state index contributed by atoms with van der Waals surface area (Å²) in [6.45, 7) is 6.23. The molecule has 0 saturated carbocycles. The molecule has 0 aromatic heterocycles. The van der Waals surface area contributed by atoms with Gasteiger partial charge in [-0.05, 0) is 31.0 Å². The predicted molar refractivity (Wildman–Crippen MR) is 121 cm³/mol. The molecule has 1 aromatic rings. The largest absolute Gasteiger partial charge is 0.497 e. The summed E-state index contributed by atoms with van der Waals surface area (Å²) >= 11 is 0. The molecule has 1 aromatic carbocycles. The lowest BCUT2D eigenvalue weighted by atomic mass is 10.0. The number of nitrogens with zero attached hydrogens (tertiary/aromatic N) is 1. The number of hydrogen-bond donors (Lipinski definition) is 3. The van der Waals surface area contributed by atoms with E-state index in [-0.39, 0.29) is 19.1 Å². The van der Waals surface area contributed by atoms with Crippen LogP contribution in [0.25, 0.3) is 0 Å². The highest BCUT2D eigenvalue weighted by Gasteiger charge is 2.33. The number of nitrogens with one attached hydrogen (secondary N) is 2. The van der Waals surface area contributed by atoms with Crippen molar-refractivity contribution in [1.82, 2.24) is 15.5 Å². The highest BCUT2D eigenvalue weighted by molar-refractivity contribution is 5.91. The maximum absolute atomic E-state index is 12.8. The van der Waals surface area contributed by atoms with E-state index in [1.807, 2.05) is 11.8 Å². The minimum atomic E-state index is -1.34. The Hall–Kier alpha value is -2.69. The summed E-state index contributed by atoms with van der Waals surface area (Å²) in [4.78, 5) is 39.7. The molecule has 1 aliphatic rings. The molecule has 1 saturated heterocycles. The molecule has 0 radical (unpaired) electrons. The van der Waals surface area contributed by atoms with Crippen molar-refractivity contribution >= 4 is 17.8 Å². The highest BCUT2D eigenvalue weighted by Crippen LogP contribution is 2.21. The smallest absolute Gasteiger partial charge is 0.331 e. The Balaban J connectivity index is 2.02. The maximum atomic E-state index is 12.8. The summed E-state index contributed by atoms with van der Waals surface area (Å²) in [7, 11) is 1.52. The summed E-state index contributed by atoms with van der Waals surface area (Å²) < 4.78 is 15.6. The van der Waals surface area contributed by atoms with Crippen molar-refractivity contribution in [3.8, 4) is 5.75 Å². The average Bonchev–Trinajstić information content (AvgIpc) is 2.82. The van der Waals surface area contributed by atoms with E-state index >= 15 is 0 Å². The van der Waals surface area contributed by atoms with Crippen LogP contribution in [-0.4, -0.2) is 86.4 Å². The second-order valence-electron chi connectivity index (χ2n) is 7.90. The molecule has 0 bridgehead atoms. The zero-order valence-corrected chi connectivity index (χ0v) is 19.5. The third-order valence-corrected chi connectivity index (χ3v) is 5.31. The van der Waals surface area contributed by atoms with Crippen molar-refractivity contribution in [3.05, 3.63) is 29.8 Å². The van der Waals surface area contributed by atoms with Gasteiger partial charge in [0.2, 0.25) is 11.8 Å². The van der Waals surface area contributed by atoms with Gasteiger partial charge in [0.25, 0.3) is 0 Å². The van der Waals surface area contributed by atoms with Crippen LogP contribution in [0.1, 0.15) is 38.4 Å². The van der Waals surface area contributed by atoms with Gasteiger partial charge in [0.15, 0.2) is 6.04 Å². The summed E-state index contributed by atoms with van der Waals surface area (Å²) in [5, 5.41) is 16.0. The summed E-state index contributed by atoms with van der Waals surface area (Å²) in [6, 6.07) is 4.27. The molecule has 0 unspecified atom stereocenters. The molecule has 2 amide bonds. The van der Waals surface area contributed by atoms with Gasteiger partial charge in [0.1, 0.15) is 17.9 Å². The number of rotatable bonds is 12. The fraction of sp³-hybridized carbons (Fsp3) is 0.609. The van der Waals surface area contributed by atoms with Crippen molar-refractivity contribution in [1.29, 1.82) is 0 Å². The number of hydrogen-bond acceptors (Lipinski definition) is 8.